The summed E-state index contributed by atoms with van der Waals surface area (Å²) in [6.07, 6.45) is 2.50. The molecule has 1 aromatic carbocycles. The Morgan fingerprint density at radius 3 is 2.41 bits per heavy atom. The average Bonchev–Trinajstić information content (AvgIpc) is 3.15. The first-order chi connectivity index (χ1) is 15.2. The SMILES string of the molecule is COCCCN1C(=O)C(=Cc2cc(C)n(-c3ccc(C)cc3C)c2C)C(C(=O)OC)=C1C. The molecule has 1 aliphatic heterocycles. The maximum Gasteiger partial charge on any atom is 0.340 e. The van der Waals surface area contributed by atoms with Gasteiger partial charge in [-0.25, -0.2) is 4.79 Å². The molecular weight excluding hydrogens is 404 g/mol. The highest BCUT2D eigenvalue weighted by Crippen LogP contribution is 2.33. The molecule has 1 amide bonds. The van der Waals surface area contributed by atoms with E-state index in [1.165, 1.54) is 18.2 Å². The Labute approximate surface area is 190 Å². The Hall–Kier alpha value is -3.12. The molecule has 0 bridgehead atoms. The highest BCUT2D eigenvalue weighted by molar-refractivity contribution is 6.16. The van der Waals surface area contributed by atoms with Crippen molar-refractivity contribution in [1.29, 1.82) is 0 Å². The fraction of sp³-hybridized carbons (Fsp3) is 0.385. The van der Waals surface area contributed by atoms with E-state index in [1.807, 2.05) is 26.0 Å². The molecule has 6 heteroatoms. The van der Waals surface area contributed by atoms with Crippen LogP contribution in [0.15, 0.2) is 41.1 Å². The number of aromatic nitrogens is 1. The molecule has 3 rings (SSSR count). The summed E-state index contributed by atoms with van der Waals surface area (Å²) in [5, 5.41) is 0. The van der Waals surface area contributed by atoms with Gasteiger partial charge in [-0.2, -0.15) is 0 Å². The van der Waals surface area contributed by atoms with Crippen molar-refractivity contribution in [3.05, 3.63) is 69.2 Å². The summed E-state index contributed by atoms with van der Waals surface area (Å²) in [6.45, 7) is 11.1. The van der Waals surface area contributed by atoms with Crippen LogP contribution in [0.5, 0.6) is 0 Å². The van der Waals surface area contributed by atoms with E-state index in [-0.39, 0.29) is 5.91 Å². The lowest BCUT2D eigenvalue weighted by Crippen LogP contribution is -2.26. The van der Waals surface area contributed by atoms with Gasteiger partial charge in [0.15, 0.2) is 0 Å². The highest BCUT2D eigenvalue weighted by atomic mass is 16.5. The molecule has 0 fully saturated rings. The van der Waals surface area contributed by atoms with Crippen molar-refractivity contribution >= 4 is 18.0 Å². The average molecular weight is 437 g/mol. The monoisotopic (exact) mass is 436 g/mol. The molecule has 2 aromatic rings. The standard InChI is InChI=1S/C26H32N2O4/c1-16-9-10-23(17(2)13-16)28-18(3)14-21(19(28)4)15-22-24(26(30)32-7)20(5)27(25(22)29)11-8-12-31-6/h9-10,13-15H,8,11-12H2,1-7H3. The van der Waals surface area contributed by atoms with Crippen LogP contribution in [-0.2, 0) is 19.1 Å². The zero-order valence-electron chi connectivity index (χ0n) is 20.0. The number of hydrogen-bond acceptors (Lipinski definition) is 4. The van der Waals surface area contributed by atoms with E-state index in [0.29, 0.717) is 36.4 Å². The maximum atomic E-state index is 13.3. The van der Waals surface area contributed by atoms with Crippen LogP contribution >= 0.6 is 0 Å². The van der Waals surface area contributed by atoms with Crippen LogP contribution in [-0.4, -0.2) is 48.7 Å². The third kappa shape index (κ3) is 4.28. The Kier molecular flexibility index (Phi) is 7.04. The van der Waals surface area contributed by atoms with Gasteiger partial charge in [-0.05, 0) is 70.4 Å². The number of benzene rings is 1. The third-order valence-electron chi connectivity index (χ3n) is 5.99. The van der Waals surface area contributed by atoms with Gasteiger partial charge in [0.05, 0.1) is 18.3 Å². The van der Waals surface area contributed by atoms with E-state index in [9.17, 15) is 9.59 Å². The smallest absolute Gasteiger partial charge is 0.340 e. The topological polar surface area (TPSA) is 60.8 Å². The van der Waals surface area contributed by atoms with Crippen molar-refractivity contribution in [1.82, 2.24) is 9.47 Å². The number of amides is 1. The summed E-state index contributed by atoms with van der Waals surface area (Å²) in [5.41, 5.74) is 7.78. The quantitative estimate of drug-likeness (QED) is 0.366. The van der Waals surface area contributed by atoms with E-state index in [4.69, 9.17) is 9.47 Å². The molecule has 0 spiro atoms. The lowest BCUT2D eigenvalue weighted by Gasteiger charge is -2.17. The van der Waals surface area contributed by atoms with Crippen LogP contribution in [0.2, 0.25) is 0 Å². The zero-order valence-corrected chi connectivity index (χ0v) is 20.0. The van der Waals surface area contributed by atoms with Gasteiger partial charge in [0.2, 0.25) is 0 Å². The lowest BCUT2D eigenvalue weighted by atomic mass is 10.0. The van der Waals surface area contributed by atoms with Crippen molar-refractivity contribution in [2.45, 2.75) is 41.0 Å². The van der Waals surface area contributed by atoms with Gasteiger partial charge in [0.25, 0.3) is 5.91 Å². The number of rotatable bonds is 7. The molecular formula is C26H32N2O4. The second-order valence-electron chi connectivity index (χ2n) is 8.26. The fourth-order valence-corrected chi connectivity index (χ4v) is 4.38. The number of carbonyl (C=O) groups is 2. The minimum atomic E-state index is -0.500. The number of aryl methyl sites for hydroxylation is 3. The molecule has 0 radical (unpaired) electrons. The van der Waals surface area contributed by atoms with Crippen LogP contribution < -0.4 is 0 Å². The van der Waals surface area contributed by atoms with Crippen LogP contribution in [0.4, 0.5) is 0 Å². The number of hydrogen-bond donors (Lipinski definition) is 0. The van der Waals surface area contributed by atoms with Gasteiger partial charge in [0.1, 0.15) is 0 Å². The van der Waals surface area contributed by atoms with Gasteiger partial charge >= 0.3 is 5.97 Å². The van der Waals surface area contributed by atoms with E-state index >= 15 is 0 Å². The van der Waals surface area contributed by atoms with Crippen molar-refractivity contribution in [2.24, 2.45) is 0 Å². The van der Waals surface area contributed by atoms with Crippen molar-refractivity contribution in [3.63, 3.8) is 0 Å². The van der Waals surface area contributed by atoms with Crippen LogP contribution in [0.3, 0.4) is 0 Å². The molecule has 170 valence electrons. The van der Waals surface area contributed by atoms with E-state index in [0.717, 1.165) is 22.6 Å². The summed E-state index contributed by atoms with van der Waals surface area (Å²) < 4.78 is 12.3. The summed E-state index contributed by atoms with van der Waals surface area (Å²) >= 11 is 0. The molecule has 6 nitrogen and oxygen atoms in total. The summed E-state index contributed by atoms with van der Waals surface area (Å²) in [6, 6.07) is 8.42. The minimum absolute atomic E-state index is 0.185. The Bertz CT molecular complexity index is 1120. The minimum Gasteiger partial charge on any atom is -0.465 e. The Morgan fingerprint density at radius 2 is 1.78 bits per heavy atom. The zero-order chi connectivity index (χ0) is 23.6. The number of esters is 1. The van der Waals surface area contributed by atoms with Crippen LogP contribution in [0.1, 0.15) is 41.4 Å². The molecule has 1 aromatic heterocycles. The molecule has 0 atom stereocenters. The van der Waals surface area contributed by atoms with Gasteiger partial charge in [-0.15, -0.1) is 0 Å². The second kappa shape index (κ2) is 9.57. The van der Waals surface area contributed by atoms with Gasteiger partial charge in [-0.3, -0.25) is 4.79 Å². The Balaban J connectivity index is 2.08. The van der Waals surface area contributed by atoms with Gasteiger partial charge < -0.3 is 18.9 Å². The maximum absolute atomic E-state index is 13.3. The molecule has 0 saturated carbocycles. The van der Waals surface area contributed by atoms with Crippen molar-refractivity contribution < 1.29 is 19.1 Å². The normalized spacial score (nSPS) is 15.3. The van der Waals surface area contributed by atoms with E-state index < -0.39 is 5.97 Å². The molecule has 0 unspecified atom stereocenters. The second-order valence-corrected chi connectivity index (χ2v) is 8.26. The van der Waals surface area contributed by atoms with Gasteiger partial charge in [0, 0.05) is 43.0 Å². The molecule has 32 heavy (non-hydrogen) atoms. The van der Waals surface area contributed by atoms with Crippen LogP contribution in [0, 0.1) is 27.7 Å². The summed E-state index contributed by atoms with van der Waals surface area (Å²) in [5.74, 6) is -0.685. The molecule has 0 N–H and O–H groups in total. The van der Waals surface area contributed by atoms with E-state index in [1.54, 1.807) is 18.9 Å². The fourth-order valence-electron chi connectivity index (χ4n) is 4.38. The summed E-state index contributed by atoms with van der Waals surface area (Å²) in [7, 11) is 2.97. The van der Waals surface area contributed by atoms with E-state index in [2.05, 4.69) is 36.6 Å². The molecule has 2 heterocycles. The predicted octanol–water partition coefficient (Wildman–Crippen LogP) is 4.42. The van der Waals surface area contributed by atoms with Gasteiger partial charge in [-0.1, -0.05) is 17.7 Å². The Morgan fingerprint density at radius 1 is 1.06 bits per heavy atom. The first-order valence-electron chi connectivity index (χ1n) is 10.8. The van der Waals surface area contributed by atoms with Crippen LogP contribution in [0.25, 0.3) is 11.8 Å². The molecule has 1 aliphatic rings. The highest BCUT2D eigenvalue weighted by Gasteiger charge is 2.36. The number of methoxy groups -OCH3 is 2. The number of ether oxygens (including phenoxy) is 2. The number of carbonyl (C=O) groups excluding carboxylic acids is 2. The third-order valence-corrected chi connectivity index (χ3v) is 5.99. The van der Waals surface area contributed by atoms with Crippen molar-refractivity contribution in [3.8, 4) is 5.69 Å². The largest absolute Gasteiger partial charge is 0.465 e. The number of allylic oxidation sites excluding steroid dienone is 1. The molecule has 0 aliphatic carbocycles. The molecule has 0 saturated heterocycles. The summed E-state index contributed by atoms with van der Waals surface area (Å²) in [4.78, 5) is 27.5. The first kappa shape index (κ1) is 23.5. The van der Waals surface area contributed by atoms with Crippen molar-refractivity contribution in [2.75, 3.05) is 27.4 Å². The predicted molar refractivity (Wildman–Crippen MR) is 126 cm³/mol. The number of nitrogens with zero attached hydrogens (tertiary/aromatic N) is 2. The lowest BCUT2D eigenvalue weighted by molar-refractivity contribution is -0.136. The first-order valence-corrected chi connectivity index (χ1v) is 10.8.